The molecule has 1 saturated carbocycles. The van der Waals surface area contributed by atoms with Gasteiger partial charge in [0.2, 0.25) is 0 Å². The lowest BCUT2D eigenvalue weighted by Gasteiger charge is -2.41. The molecule has 1 aliphatic heterocycles. The zero-order chi connectivity index (χ0) is 19.6. The second kappa shape index (κ2) is 7.87. The summed E-state index contributed by atoms with van der Waals surface area (Å²) >= 11 is 0. The number of hydrogen-bond acceptors (Lipinski definition) is 5. The lowest BCUT2D eigenvalue weighted by atomic mass is 10.1. The Bertz CT molecular complexity index is 665. The van der Waals surface area contributed by atoms with Gasteiger partial charge in [0.25, 0.3) is 0 Å². The maximum Gasteiger partial charge on any atom is 0.410 e. The Hall–Kier alpha value is -2.11. The molecule has 2 aliphatic rings. The first-order valence-electron chi connectivity index (χ1n) is 10.1. The summed E-state index contributed by atoms with van der Waals surface area (Å²) in [6.07, 6.45) is 4.79. The van der Waals surface area contributed by atoms with Crippen molar-refractivity contribution in [2.75, 3.05) is 35.6 Å². The summed E-state index contributed by atoms with van der Waals surface area (Å²) in [6, 6.07) is 6.97. The zero-order valence-corrected chi connectivity index (χ0v) is 17.1. The van der Waals surface area contributed by atoms with Crippen LogP contribution in [-0.4, -0.2) is 48.3 Å². The molecule has 1 aliphatic carbocycles. The van der Waals surface area contributed by atoms with Crippen LogP contribution in [-0.2, 0) is 4.74 Å². The number of ether oxygens (including phenoxy) is 1. The Labute approximate surface area is 163 Å². The Morgan fingerprint density at radius 1 is 1.22 bits per heavy atom. The highest BCUT2D eigenvalue weighted by Gasteiger charge is 2.30. The van der Waals surface area contributed by atoms with Crippen LogP contribution in [0.1, 0.15) is 53.4 Å². The van der Waals surface area contributed by atoms with E-state index < -0.39 is 5.60 Å². The summed E-state index contributed by atoms with van der Waals surface area (Å²) < 4.78 is 5.52. The van der Waals surface area contributed by atoms with Gasteiger partial charge in [0.05, 0.1) is 11.4 Å². The van der Waals surface area contributed by atoms with Gasteiger partial charge in [-0.05, 0) is 58.7 Å². The third-order valence-corrected chi connectivity index (χ3v) is 5.36. The molecule has 1 aromatic rings. The van der Waals surface area contributed by atoms with Crippen LogP contribution in [0.25, 0.3) is 0 Å². The summed E-state index contributed by atoms with van der Waals surface area (Å²) in [4.78, 5) is 16.5. The minimum atomic E-state index is -0.463. The Morgan fingerprint density at radius 2 is 1.93 bits per heavy atom. The van der Waals surface area contributed by atoms with Crippen molar-refractivity contribution in [3.63, 3.8) is 0 Å². The van der Waals surface area contributed by atoms with Crippen LogP contribution in [0, 0.1) is 0 Å². The second-order valence-electron chi connectivity index (χ2n) is 8.87. The van der Waals surface area contributed by atoms with E-state index >= 15 is 0 Å². The number of rotatable bonds is 3. The average Bonchev–Trinajstić information content (AvgIpc) is 3.08. The lowest BCUT2D eigenvalue weighted by Crippen LogP contribution is -2.54. The molecule has 1 aromatic carbocycles. The molecule has 1 atom stereocenters. The van der Waals surface area contributed by atoms with E-state index in [2.05, 4.69) is 29.3 Å². The van der Waals surface area contributed by atoms with Crippen LogP contribution >= 0.6 is 0 Å². The van der Waals surface area contributed by atoms with Gasteiger partial charge in [0.1, 0.15) is 5.60 Å². The number of nitrogen functional groups attached to an aromatic ring is 1. The first kappa shape index (κ1) is 19.6. The van der Waals surface area contributed by atoms with Crippen molar-refractivity contribution >= 4 is 23.2 Å². The number of anilines is 3. The second-order valence-corrected chi connectivity index (χ2v) is 8.87. The SMILES string of the molecule is C[C@H]1CN(C(=O)OC(C)(C)C)CCN1c1ccc(N)c(NC2CCCC2)c1. The van der Waals surface area contributed by atoms with Crippen LogP contribution in [0.2, 0.25) is 0 Å². The highest BCUT2D eigenvalue weighted by Crippen LogP contribution is 2.31. The first-order valence-corrected chi connectivity index (χ1v) is 10.1. The van der Waals surface area contributed by atoms with Gasteiger partial charge in [0, 0.05) is 37.4 Å². The highest BCUT2D eigenvalue weighted by atomic mass is 16.6. The fourth-order valence-electron chi connectivity index (χ4n) is 3.97. The number of hydrogen-bond donors (Lipinski definition) is 2. The van der Waals surface area contributed by atoms with Crippen LogP contribution in [0.3, 0.4) is 0 Å². The van der Waals surface area contributed by atoms with Crippen molar-refractivity contribution in [3.8, 4) is 0 Å². The minimum absolute atomic E-state index is 0.217. The zero-order valence-electron chi connectivity index (χ0n) is 17.1. The number of nitrogens with zero attached hydrogens (tertiary/aromatic N) is 2. The van der Waals surface area contributed by atoms with Gasteiger partial charge < -0.3 is 25.6 Å². The summed E-state index contributed by atoms with van der Waals surface area (Å²) in [7, 11) is 0. The van der Waals surface area contributed by atoms with E-state index in [1.54, 1.807) is 4.90 Å². The van der Waals surface area contributed by atoms with Crippen molar-refractivity contribution in [1.29, 1.82) is 0 Å². The van der Waals surface area contributed by atoms with Gasteiger partial charge in [-0.2, -0.15) is 0 Å². The molecule has 0 spiro atoms. The molecule has 3 N–H and O–H groups in total. The predicted molar refractivity (Wildman–Crippen MR) is 111 cm³/mol. The molecule has 0 aromatic heterocycles. The van der Waals surface area contributed by atoms with E-state index in [0.717, 1.165) is 23.6 Å². The molecule has 150 valence electrons. The number of nitrogens with one attached hydrogen (secondary N) is 1. The molecule has 27 heavy (non-hydrogen) atoms. The van der Waals surface area contributed by atoms with E-state index in [0.29, 0.717) is 19.1 Å². The number of carbonyl (C=O) groups excluding carboxylic acids is 1. The predicted octanol–water partition coefficient (Wildman–Crippen LogP) is 4.07. The van der Waals surface area contributed by atoms with Gasteiger partial charge in [-0.25, -0.2) is 4.79 Å². The van der Waals surface area contributed by atoms with Crippen LogP contribution < -0.4 is 16.0 Å². The average molecular weight is 375 g/mol. The van der Waals surface area contributed by atoms with Crippen molar-refractivity contribution < 1.29 is 9.53 Å². The summed E-state index contributed by atoms with van der Waals surface area (Å²) in [6.45, 7) is 9.96. The Kier molecular flexibility index (Phi) is 5.72. The Morgan fingerprint density at radius 3 is 2.56 bits per heavy atom. The van der Waals surface area contributed by atoms with Crippen molar-refractivity contribution in [1.82, 2.24) is 4.90 Å². The van der Waals surface area contributed by atoms with Crippen LogP contribution in [0.4, 0.5) is 21.9 Å². The number of carbonyl (C=O) groups is 1. The standard InChI is InChI=1S/C21H34N4O2/c1-15-14-24(20(26)27-21(2,3)4)11-12-25(15)17-9-10-18(22)19(13-17)23-16-7-5-6-8-16/h9-10,13,15-16,23H,5-8,11-12,14,22H2,1-4H3/t15-/m0/s1. The number of amides is 1. The molecule has 2 fully saturated rings. The van der Waals surface area contributed by atoms with E-state index in [1.165, 1.54) is 25.7 Å². The van der Waals surface area contributed by atoms with Gasteiger partial charge >= 0.3 is 6.09 Å². The number of nitrogens with two attached hydrogens (primary N) is 1. The van der Waals surface area contributed by atoms with Crippen LogP contribution in [0.5, 0.6) is 0 Å². The first-order chi connectivity index (χ1) is 12.7. The molecule has 6 heteroatoms. The molecule has 0 bridgehead atoms. The van der Waals surface area contributed by atoms with E-state index in [4.69, 9.17) is 10.5 Å². The lowest BCUT2D eigenvalue weighted by molar-refractivity contribution is 0.0219. The smallest absolute Gasteiger partial charge is 0.410 e. The summed E-state index contributed by atoms with van der Waals surface area (Å²) in [5.74, 6) is 0. The molecule has 1 heterocycles. The summed E-state index contributed by atoms with van der Waals surface area (Å²) in [5.41, 5.74) is 8.72. The maximum atomic E-state index is 12.4. The number of piperazine rings is 1. The minimum Gasteiger partial charge on any atom is -0.444 e. The van der Waals surface area contributed by atoms with Gasteiger partial charge in [-0.1, -0.05) is 12.8 Å². The van der Waals surface area contributed by atoms with E-state index in [-0.39, 0.29) is 12.1 Å². The molecule has 1 amide bonds. The fourth-order valence-corrected chi connectivity index (χ4v) is 3.97. The normalized spacial score (nSPS) is 21.4. The van der Waals surface area contributed by atoms with Gasteiger partial charge in [-0.3, -0.25) is 0 Å². The van der Waals surface area contributed by atoms with E-state index in [1.807, 2.05) is 26.8 Å². The van der Waals surface area contributed by atoms with Gasteiger partial charge in [-0.15, -0.1) is 0 Å². The number of benzene rings is 1. The highest BCUT2D eigenvalue weighted by molar-refractivity contribution is 5.73. The monoisotopic (exact) mass is 374 g/mol. The molecule has 6 nitrogen and oxygen atoms in total. The van der Waals surface area contributed by atoms with E-state index in [9.17, 15) is 4.79 Å². The summed E-state index contributed by atoms with van der Waals surface area (Å²) in [5, 5.41) is 3.62. The van der Waals surface area contributed by atoms with Gasteiger partial charge in [0.15, 0.2) is 0 Å². The largest absolute Gasteiger partial charge is 0.444 e. The van der Waals surface area contributed by atoms with Crippen molar-refractivity contribution in [2.24, 2.45) is 0 Å². The quantitative estimate of drug-likeness (QED) is 0.781. The maximum absolute atomic E-state index is 12.4. The molecular formula is C21H34N4O2. The van der Waals surface area contributed by atoms with Crippen molar-refractivity contribution in [3.05, 3.63) is 18.2 Å². The third-order valence-electron chi connectivity index (χ3n) is 5.36. The topological polar surface area (TPSA) is 70.8 Å². The van der Waals surface area contributed by atoms with Crippen molar-refractivity contribution in [2.45, 2.75) is 71.1 Å². The Balaban J connectivity index is 1.66. The molecular weight excluding hydrogens is 340 g/mol. The fraction of sp³-hybridized carbons (Fsp3) is 0.667. The molecule has 0 unspecified atom stereocenters. The molecule has 0 radical (unpaired) electrons. The third kappa shape index (κ3) is 4.99. The molecule has 1 saturated heterocycles. The molecule has 3 rings (SSSR count). The van der Waals surface area contributed by atoms with Crippen LogP contribution in [0.15, 0.2) is 18.2 Å².